The molecule has 0 saturated heterocycles. The zero-order valence-corrected chi connectivity index (χ0v) is 14.0. The van der Waals surface area contributed by atoms with Gasteiger partial charge in [0.15, 0.2) is 11.5 Å². The maximum atomic E-state index is 11.8. The van der Waals surface area contributed by atoms with Crippen LogP contribution in [-0.4, -0.2) is 45.7 Å². The number of phenolic OH excluding ortho intramolecular Hbond substituents is 1. The third-order valence-electron chi connectivity index (χ3n) is 6.98. The highest BCUT2D eigenvalue weighted by atomic mass is 16.5. The van der Waals surface area contributed by atoms with E-state index in [1.807, 2.05) is 13.0 Å². The van der Waals surface area contributed by atoms with Crippen LogP contribution in [0.4, 0.5) is 0 Å². The molecule has 1 heterocycles. The second kappa shape index (κ2) is 4.65. The third kappa shape index (κ3) is 1.70. The summed E-state index contributed by atoms with van der Waals surface area (Å²) in [5.41, 5.74) is 0.337. The molecule has 5 atom stereocenters. The van der Waals surface area contributed by atoms with Crippen molar-refractivity contribution in [2.24, 2.45) is 5.92 Å². The lowest BCUT2D eigenvalue weighted by Crippen LogP contribution is -2.72. The van der Waals surface area contributed by atoms with Crippen LogP contribution in [0.2, 0.25) is 0 Å². The second-order valence-electron chi connectivity index (χ2n) is 8.33. The predicted octanol–water partition coefficient (Wildman–Crippen LogP) is 1.22. The molecule has 0 aromatic heterocycles. The summed E-state index contributed by atoms with van der Waals surface area (Å²) >= 11 is 0. The average Bonchev–Trinajstić information content (AvgIpc) is 3.31. The van der Waals surface area contributed by atoms with Crippen LogP contribution < -0.4 is 10.1 Å². The molecule has 0 radical (unpaired) electrons. The zero-order chi connectivity index (χ0) is 16.7. The van der Waals surface area contributed by atoms with Crippen molar-refractivity contribution in [2.45, 2.75) is 68.3 Å². The highest BCUT2D eigenvalue weighted by Gasteiger charge is 2.68. The van der Waals surface area contributed by atoms with Crippen molar-refractivity contribution in [3.05, 3.63) is 23.3 Å². The summed E-state index contributed by atoms with van der Waals surface area (Å²) in [6, 6.07) is 3.56. The number of rotatable bonds is 3. The standard InChI is InChI=1S/C19H25NO4/c1-18-15-11-4-5-12(21)16(15)24-17(18)13(22)6-7-19(18,23)14(8-11)20-9-10-2-3-10/h4-5,10,13-14,17,20-23H,2-3,6-9H2,1H3/t13-,14+,17?,18-,19+/m1/s1. The van der Waals surface area contributed by atoms with Gasteiger partial charge in [-0.2, -0.15) is 0 Å². The normalized spacial score (nSPS) is 42.5. The van der Waals surface area contributed by atoms with E-state index in [-0.39, 0.29) is 11.8 Å². The molecule has 3 aliphatic carbocycles. The third-order valence-corrected chi connectivity index (χ3v) is 6.98. The molecule has 0 amide bonds. The molecule has 2 fully saturated rings. The van der Waals surface area contributed by atoms with Gasteiger partial charge in [0.1, 0.15) is 6.10 Å². The summed E-state index contributed by atoms with van der Waals surface area (Å²) in [5.74, 6) is 1.30. The van der Waals surface area contributed by atoms with Crippen molar-refractivity contribution in [1.29, 1.82) is 0 Å². The topological polar surface area (TPSA) is 82.0 Å². The Balaban J connectivity index is 1.65. The minimum absolute atomic E-state index is 0.0512. The molecule has 24 heavy (non-hydrogen) atoms. The fourth-order valence-electron chi connectivity index (χ4n) is 5.36. The van der Waals surface area contributed by atoms with E-state index in [1.165, 1.54) is 12.8 Å². The largest absolute Gasteiger partial charge is 0.504 e. The highest BCUT2D eigenvalue weighted by Crippen LogP contribution is 2.61. The van der Waals surface area contributed by atoms with Gasteiger partial charge in [0.05, 0.1) is 17.1 Å². The van der Waals surface area contributed by atoms with Crippen molar-refractivity contribution >= 4 is 0 Å². The number of aliphatic hydroxyl groups is 2. The number of aliphatic hydroxyl groups excluding tert-OH is 1. The molecule has 4 N–H and O–H groups in total. The molecule has 130 valence electrons. The molecule has 4 aliphatic rings. The van der Waals surface area contributed by atoms with E-state index >= 15 is 0 Å². The summed E-state index contributed by atoms with van der Waals surface area (Å²) < 4.78 is 6.01. The van der Waals surface area contributed by atoms with Crippen molar-refractivity contribution < 1.29 is 20.1 Å². The SMILES string of the molecule is C[C@@]12c3c4ccc(O)c3OC1[C@H](O)CC[C@]2(O)[C@@H](NCC1CC1)C4. The molecule has 5 rings (SSSR count). The summed E-state index contributed by atoms with van der Waals surface area (Å²) in [6.07, 6.45) is 3.20. The molecule has 1 aliphatic heterocycles. The lowest BCUT2D eigenvalue weighted by atomic mass is 9.52. The fourth-order valence-corrected chi connectivity index (χ4v) is 5.36. The van der Waals surface area contributed by atoms with E-state index in [2.05, 4.69) is 5.32 Å². The first-order chi connectivity index (χ1) is 11.4. The molecule has 2 saturated carbocycles. The highest BCUT2D eigenvalue weighted by molar-refractivity contribution is 5.61. The number of aromatic hydroxyl groups is 1. The quantitative estimate of drug-likeness (QED) is 0.670. The van der Waals surface area contributed by atoms with Crippen LogP contribution in [0.5, 0.6) is 11.5 Å². The first-order valence-electron chi connectivity index (χ1n) is 9.11. The van der Waals surface area contributed by atoms with Gasteiger partial charge < -0.3 is 25.4 Å². The Kier molecular flexibility index (Phi) is 2.91. The maximum absolute atomic E-state index is 11.8. The van der Waals surface area contributed by atoms with Crippen molar-refractivity contribution in [3.8, 4) is 11.5 Å². The smallest absolute Gasteiger partial charge is 0.165 e. The Morgan fingerprint density at radius 2 is 2.08 bits per heavy atom. The van der Waals surface area contributed by atoms with Gasteiger partial charge in [0.25, 0.3) is 0 Å². The molecule has 0 spiro atoms. The van der Waals surface area contributed by atoms with Gasteiger partial charge in [-0.25, -0.2) is 0 Å². The van der Waals surface area contributed by atoms with E-state index in [9.17, 15) is 15.3 Å². The van der Waals surface area contributed by atoms with Crippen LogP contribution in [0, 0.1) is 5.92 Å². The van der Waals surface area contributed by atoms with Gasteiger partial charge in [0.2, 0.25) is 0 Å². The van der Waals surface area contributed by atoms with Crippen LogP contribution >= 0.6 is 0 Å². The van der Waals surface area contributed by atoms with Gasteiger partial charge in [-0.1, -0.05) is 6.07 Å². The second-order valence-corrected chi connectivity index (χ2v) is 8.33. The molecule has 1 aromatic carbocycles. The Hall–Kier alpha value is -1.30. The number of hydrogen-bond acceptors (Lipinski definition) is 5. The summed E-state index contributed by atoms with van der Waals surface area (Å²) in [4.78, 5) is 0. The van der Waals surface area contributed by atoms with Crippen molar-refractivity contribution in [1.82, 2.24) is 5.32 Å². The van der Waals surface area contributed by atoms with Crippen molar-refractivity contribution in [2.75, 3.05) is 6.54 Å². The van der Waals surface area contributed by atoms with E-state index in [0.29, 0.717) is 18.6 Å². The van der Waals surface area contributed by atoms with Gasteiger partial charge >= 0.3 is 0 Å². The Morgan fingerprint density at radius 3 is 2.83 bits per heavy atom. The number of ether oxygens (including phenoxy) is 1. The van der Waals surface area contributed by atoms with Crippen LogP contribution in [0.15, 0.2) is 12.1 Å². The average molecular weight is 331 g/mol. The Morgan fingerprint density at radius 1 is 1.29 bits per heavy atom. The van der Waals surface area contributed by atoms with E-state index in [4.69, 9.17) is 4.74 Å². The molecular weight excluding hydrogens is 306 g/mol. The Bertz CT molecular complexity index is 703. The Labute approximate surface area is 141 Å². The van der Waals surface area contributed by atoms with Gasteiger partial charge in [-0.15, -0.1) is 0 Å². The molecule has 5 nitrogen and oxygen atoms in total. The van der Waals surface area contributed by atoms with Crippen LogP contribution in [0.3, 0.4) is 0 Å². The van der Waals surface area contributed by atoms with Gasteiger partial charge in [-0.05, 0) is 63.1 Å². The lowest BCUT2D eigenvalue weighted by Gasteiger charge is -2.56. The number of phenols is 1. The summed E-state index contributed by atoms with van der Waals surface area (Å²) in [7, 11) is 0. The predicted molar refractivity (Wildman–Crippen MR) is 88.3 cm³/mol. The van der Waals surface area contributed by atoms with E-state index < -0.39 is 23.2 Å². The zero-order valence-electron chi connectivity index (χ0n) is 14.0. The first-order valence-corrected chi connectivity index (χ1v) is 9.11. The minimum atomic E-state index is -0.974. The number of benzene rings is 1. The van der Waals surface area contributed by atoms with Crippen molar-refractivity contribution in [3.63, 3.8) is 0 Å². The monoisotopic (exact) mass is 331 g/mol. The summed E-state index contributed by atoms with van der Waals surface area (Å²) in [6.45, 7) is 2.94. The maximum Gasteiger partial charge on any atom is 0.165 e. The molecular formula is C19H25NO4. The van der Waals surface area contributed by atoms with Crippen LogP contribution in [0.1, 0.15) is 43.7 Å². The lowest BCUT2D eigenvalue weighted by molar-refractivity contribution is -0.159. The number of hydrogen-bond donors (Lipinski definition) is 4. The van der Waals surface area contributed by atoms with Crippen LogP contribution in [-0.2, 0) is 11.8 Å². The van der Waals surface area contributed by atoms with E-state index in [1.54, 1.807) is 6.07 Å². The fraction of sp³-hybridized carbons (Fsp3) is 0.684. The molecule has 5 heteroatoms. The molecule has 1 unspecified atom stereocenters. The number of nitrogens with one attached hydrogen (secondary N) is 1. The van der Waals surface area contributed by atoms with Crippen LogP contribution in [0.25, 0.3) is 0 Å². The molecule has 0 bridgehead atoms. The summed E-state index contributed by atoms with van der Waals surface area (Å²) in [5, 5.41) is 36.2. The van der Waals surface area contributed by atoms with Gasteiger partial charge in [0, 0.05) is 11.6 Å². The van der Waals surface area contributed by atoms with Gasteiger partial charge in [-0.3, -0.25) is 0 Å². The van der Waals surface area contributed by atoms with E-state index in [0.717, 1.165) is 30.0 Å². The molecule has 1 aromatic rings. The minimum Gasteiger partial charge on any atom is -0.504 e. The first kappa shape index (κ1) is 15.0.